The molecule has 0 aliphatic heterocycles. The lowest BCUT2D eigenvalue weighted by Crippen LogP contribution is -2.31. The maximum Gasteiger partial charge on any atom is 0.406 e. The van der Waals surface area contributed by atoms with Gasteiger partial charge in [0.25, 0.3) is 0 Å². The highest BCUT2D eigenvalue weighted by atomic mass is 16.8. The second kappa shape index (κ2) is 7.55. The molecular formula is C21H20O3. The van der Waals surface area contributed by atoms with Gasteiger partial charge in [0.05, 0.1) is 0 Å². The molecule has 0 unspecified atom stereocenters. The first kappa shape index (κ1) is 15.9. The van der Waals surface area contributed by atoms with Gasteiger partial charge in [0, 0.05) is 0 Å². The van der Waals surface area contributed by atoms with Crippen LogP contribution in [0.2, 0.25) is 0 Å². The third-order valence-corrected chi connectivity index (χ3v) is 3.57. The summed E-state index contributed by atoms with van der Waals surface area (Å²) in [6.07, 6.45) is 0. The molecule has 0 saturated carbocycles. The molecule has 3 rings (SSSR count). The van der Waals surface area contributed by atoms with Crippen LogP contribution in [0.4, 0.5) is 0 Å². The van der Waals surface area contributed by atoms with Gasteiger partial charge in [-0.15, -0.1) is 0 Å². The Morgan fingerprint density at radius 1 is 0.542 bits per heavy atom. The predicted octanol–water partition coefficient (Wildman–Crippen LogP) is 5.12. The van der Waals surface area contributed by atoms with Gasteiger partial charge in [0.2, 0.25) is 0 Å². The summed E-state index contributed by atoms with van der Waals surface area (Å²) >= 11 is 0. The molecule has 0 atom stereocenters. The SMILES string of the molecule is Cc1cccc(C)c1OC(Oc1ccccc1)Oc1ccccc1. The number of aryl methyl sites for hydroxylation is 2. The molecule has 3 aromatic rings. The molecule has 24 heavy (non-hydrogen) atoms. The number of para-hydroxylation sites is 3. The highest BCUT2D eigenvalue weighted by Crippen LogP contribution is 2.25. The Balaban J connectivity index is 1.84. The fourth-order valence-corrected chi connectivity index (χ4v) is 2.37. The summed E-state index contributed by atoms with van der Waals surface area (Å²) in [5, 5.41) is 0. The second-order valence-corrected chi connectivity index (χ2v) is 5.49. The molecule has 0 aliphatic carbocycles. The highest BCUT2D eigenvalue weighted by molar-refractivity contribution is 5.39. The Kier molecular flexibility index (Phi) is 5.02. The van der Waals surface area contributed by atoms with Crippen LogP contribution in [0.1, 0.15) is 11.1 Å². The number of ether oxygens (including phenoxy) is 3. The third-order valence-electron chi connectivity index (χ3n) is 3.57. The normalized spacial score (nSPS) is 10.5. The molecule has 0 spiro atoms. The van der Waals surface area contributed by atoms with E-state index in [-0.39, 0.29) is 0 Å². The largest absolute Gasteiger partial charge is 0.423 e. The molecule has 0 bridgehead atoms. The summed E-state index contributed by atoms with van der Waals surface area (Å²) in [6, 6.07) is 25.0. The van der Waals surface area contributed by atoms with Crippen molar-refractivity contribution in [2.75, 3.05) is 0 Å². The summed E-state index contributed by atoms with van der Waals surface area (Å²) in [7, 11) is 0. The summed E-state index contributed by atoms with van der Waals surface area (Å²) in [4.78, 5) is 0. The van der Waals surface area contributed by atoms with E-state index in [2.05, 4.69) is 0 Å². The van der Waals surface area contributed by atoms with E-state index in [1.807, 2.05) is 92.7 Å². The molecule has 0 fully saturated rings. The van der Waals surface area contributed by atoms with Crippen molar-refractivity contribution in [3.8, 4) is 17.2 Å². The number of benzene rings is 3. The van der Waals surface area contributed by atoms with Crippen LogP contribution in [0.3, 0.4) is 0 Å². The monoisotopic (exact) mass is 320 g/mol. The van der Waals surface area contributed by atoms with E-state index in [9.17, 15) is 0 Å². The third kappa shape index (κ3) is 4.07. The minimum Gasteiger partial charge on any atom is -0.423 e. The van der Waals surface area contributed by atoms with Crippen LogP contribution in [-0.2, 0) is 0 Å². The van der Waals surface area contributed by atoms with Gasteiger partial charge in [-0.25, -0.2) is 0 Å². The molecule has 0 saturated heterocycles. The molecule has 0 heterocycles. The van der Waals surface area contributed by atoms with Gasteiger partial charge >= 0.3 is 6.48 Å². The van der Waals surface area contributed by atoms with Gasteiger partial charge in [0.15, 0.2) is 0 Å². The molecule has 3 nitrogen and oxygen atoms in total. The van der Waals surface area contributed by atoms with Gasteiger partial charge in [-0.2, -0.15) is 0 Å². The second-order valence-electron chi connectivity index (χ2n) is 5.49. The van der Waals surface area contributed by atoms with Crippen molar-refractivity contribution in [3.63, 3.8) is 0 Å². The van der Waals surface area contributed by atoms with Crippen molar-refractivity contribution in [3.05, 3.63) is 90.0 Å². The standard InChI is InChI=1S/C21H20O3/c1-16-10-9-11-17(2)20(16)24-21(22-18-12-5-3-6-13-18)23-19-14-7-4-8-15-19/h3-15,21H,1-2H3. The quantitative estimate of drug-likeness (QED) is 0.590. The lowest BCUT2D eigenvalue weighted by molar-refractivity contribution is -0.140. The van der Waals surface area contributed by atoms with Crippen LogP contribution in [0.15, 0.2) is 78.9 Å². The molecule has 0 amide bonds. The maximum atomic E-state index is 6.04. The average molecular weight is 320 g/mol. The van der Waals surface area contributed by atoms with Crippen molar-refractivity contribution in [2.45, 2.75) is 20.3 Å². The van der Waals surface area contributed by atoms with Crippen molar-refractivity contribution < 1.29 is 14.2 Å². The Morgan fingerprint density at radius 3 is 1.46 bits per heavy atom. The lowest BCUT2D eigenvalue weighted by atomic mass is 10.1. The molecular weight excluding hydrogens is 300 g/mol. The van der Waals surface area contributed by atoms with Crippen molar-refractivity contribution in [1.29, 1.82) is 0 Å². The van der Waals surface area contributed by atoms with Crippen molar-refractivity contribution >= 4 is 0 Å². The van der Waals surface area contributed by atoms with Gasteiger partial charge in [0.1, 0.15) is 17.2 Å². The Labute approximate surface area is 142 Å². The van der Waals surface area contributed by atoms with Gasteiger partial charge in [-0.1, -0.05) is 54.6 Å². The molecule has 0 N–H and O–H groups in total. The Morgan fingerprint density at radius 2 is 1.00 bits per heavy atom. The number of hydrogen-bond acceptors (Lipinski definition) is 3. The zero-order valence-corrected chi connectivity index (χ0v) is 13.8. The van der Waals surface area contributed by atoms with Crippen molar-refractivity contribution in [1.82, 2.24) is 0 Å². The zero-order valence-electron chi connectivity index (χ0n) is 13.8. The van der Waals surface area contributed by atoms with E-state index in [0.717, 1.165) is 16.9 Å². The molecule has 122 valence electrons. The number of hydrogen-bond donors (Lipinski definition) is 0. The smallest absolute Gasteiger partial charge is 0.406 e. The minimum absolute atomic E-state index is 0.685. The van der Waals surface area contributed by atoms with Crippen LogP contribution < -0.4 is 14.2 Å². The molecule has 0 aliphatic rings. The Bertz CT molecular complexity index is 708. The molecule has 3 aromatic carbocycles. The lowest BCUT2D eigenvalue weighted by Gasteiger charge is -2.22. The first-order valence-corrected chi connectivity index (χ1v) is 7.88. The fraction of sp³-hybridized carbons (Fsp3) is 0.143. The van der Waals surface area contributed by atoms with Crippen LogP contribution in [-0.4, -0.2) is 6.48 Å². The first-order chi connectivity index (χ1) is 11.7. The first-order valence-electron chi connectivity index (χ1n) is 7.88. The topological polar surface area (TPSA) is 27.7 Å². The van der Waals surface area contributed by atoms with E-state index in [0.29, 0.717) is 11.5 Å². The summed E-state index contributed by atoms with van der Waals surface area (Å²) < 4.78 is 17.8. The van der Waals surface area contributed by atoms with Gasteiger partial charge in [-0.05, 0) is 49.2 Å². The van der Waals surface area contributed by atoms with Crippen LogP contribution >= 0.6 is 0 Å². The zero-order chi connectivity index (χ0) is 16.8. The average Bonchev–Trinajstić information content (AvgIpc) is 2.60. The van der Waals surface area contributed by atoms with E-state index < -0.39 is 6.48 Å². The van der Waals surface area contributed by atoms with Crippen LogP contribution in [0.5, 0.6) is 17.2 Å². The van der Waals surface area contributed by atoms with Crippen molar-refractivity contribution in [2.24, 2.45) is 0 Å². The Hall–Kier alpha value is -2.94. The summed E-state index contributed by atoms with van der Waals surface area (Å²) in [6.45, 7) is 3.13. The minimum atomic E-state index is -0.880. The summed E-state index contributed by atoms with van der Waals surface area (Å²) in [5.41, 5.74) is 2.07. The highest BCUT2D eigenvalue weighted by Gasteiger charge is 2.17. The number of rotatable bonds is 6. The fourth-order valence-electron chi connectivity index (χ4n) is 2.37. The van der Waals surface area contributed by atoms with Crippen LogP contribution in [0, 0.1) is 13.8 Å². The molecule has 3 heteroatoms. The summed E-state index contributed by atoms with van der Waals surface area (Å²) in [5.74, 6) is 2.14. The molecule has 0 radical (unpaired) electrons. The van der Waals surface area contributed by atoms with Crippen LogP contribution in [0.25, 0.3) is 0 Å². The van der Waals surface area contributed by atoms with E-state index in [4.69, 9.17) is 14.2 Å². The van der Waals surface area contributed by atoms with Gasteiger partial charge < -0.3 is 14.2 Å². The van der Waals surface area contributed by atoms with E-state index in [1.54, 1.807) is 0 Å². The van der Waals surface area contributed by atoms with E-state index >= 15 is 0 Å². The maximum absolute atomic E-state index is 6.04. The molecule has 0 aromatic heterocycles. The predicted molar refractivity (Wildman–Crippen MR) is 94.5 cm³/mol. The van der Waals surface area contributed by atoms with E-state index in [1.165, 1.54) is 0 Å². The van der Waals surface area contributed by atoms with Gasteiger partial charge in [-0.3, -0.25) is 0 Å².